The topological polar surface area (TPSA) is 96.9 Å². The largest absolute Gasteiger partial charge is 0.409 e. The van der Waals surface area contributed by atoms with Crippen molar-refractivity contribution in [2.45, 2.75) is 19.8 Å². The van der Waals surface area contributed by atoms with Crippen molar-refractivity contribution in [3.8, 4) is 0 Å². The molecule has 0 atom stereocenters. The molecule has 0 saturated carbocycles. The quantitative estimate of drug-likeness (QED) is 0.238. The van der Waals surface area contributed by atoms with Gasteiger partial charge in [-0.15, -0.1) is 0 Å². The Labute approximate surface area is 112 Å². The maximum Gasteiger partial charge on any atom is 0.224 e. The van der Waals surface area contributed by atoms with E-state index < -0.39 is 0 Å². The van der Waals surface area contributed by atoms with Crippen molar-refractivity contribution in [1.29, 1.82) is 0 Å². The summed E-state index contributed by atoms with van der Waals surface area (Å²) in [6.45, 7) is 2.36. The number of benzene rings is 1. The Morgan fingerprint density at radius 1 is 1.53 bits per heavy atom. The van der Waals surface area contributed by atoms with Crippen molar-refractivity contribution in [2.24, 2.45) is 10.9 Å². The Kier molecular flexibility index (Phi) is 5.81. The van der Waals surface area contributed by atoms with Gasteiger partial charge < -0.3 is 21.0 Å². The van der Waals surface area contributed by atoms with Gasteiger partial charge >= 0.3 is 0 Å². The number of carbonyl (C=O) groups excluding carboxylic acids is 1. The van der Waals surface area contributed by atoms with Crippen molar-refractivity contribution < 1.29 is 14.7 Å². The smallest absolute Gasteiger partial charge is 0.224 e. The minimum Gasteiger partial charge on any atom is -0.409 e. The molecule has 4 N–H and O–H groups in total. The van der Waals surface area contributed by atoms with Crippen molar-refractivity contribution in [2.75, 3.05) is 19.0 Å². The number of nitrogens with zero attached hydrogens (tertiary/aromatic N) is 1. The number of ether oxygens (including phenoxy) is 1. The van der Waals surface area contributed by atoms with Gasteiger partial charge in [0.15, 0.2) is 5.84 Å². The molecule has 0 saturated heterocycles. The number of methoxy groups -OCH3 is 1. The molecule has 0 fully saturated rings. The molecule has 1 aromatic rings. The molecule has 0 spiro atoms. The van der Waals surface area contributed by atoms with Crippen molar-refractivity contribution in [3.63, 3.8) is 0 Å². The number of rotatable bonds is 6. The third-order valence-corrected chi connectivity index (χ3v) is 2.66. The number of oxime groups is 1. The second-order valence-electron chi connectivity index (χ2n) is 4.13. The summed E-state index contributed by atoms with van der Waals surface area (Å²) in [6.07, 6.45) is 1.00. The van der Waals surface area contributed by atoms with Gasteiger partial charge in [-0.25, -0.2) is 0 Å². The standard InChI is InChI=1S/C13H19N3O3/c1-9-5-3-6-10(12(9)13(14)16-18)15-11(17)7-4-8-19-2/h3,5-6,18H,4,7-8H2,1-2H3,(H2,14,16)(H,15,17). The number of amides is 1. The number of hydrogen-bond donors (Lipinski definition) is 3. The fourth-order valence-electron chi connectivity index (χ4n) is 1.75. The predicted octanol–water partition coefficient (Wildman–Crippen LogP) is 1.45. The van der Waals surface area contributed by atoms with Crippen LogP contribution in [0, 0.1) is 6.92 Å². The van der Waals surface area contributed by atoms with E-state index >= 15 is 0 Å². The minimum absolute atomic E-state index is 0.0229. The predicted molar refractivity (Wildman–Crippen MR) is 73.4 cm³/mol. The summed E-state index contributed by atoms with van der Waals surface area (Å²) < 4.78 is 4.89. The lowest BCUT2D eigenvalue weighted by Gasteiger charge is -2.12. The molecule has 0 aromatic heterocycles. The third kappa shape index (κ3) is 4.26. The van der Waals surface area contributed by atoms with E-state index in [1.54, 1.807) is 19.2 Å². The van der Waals surface area contributed by atoms with E-state index in [2.05, 4.69) is 10.5 Å². The molecular weight excluding hydrogens is 246 g/mol. The van der Waals surface area contributed by atoms with Crippen LogP contribution >= 0.6 is 0 Å². The Morgan fingerprint density at radius 3 is 2.89 bits per heavy atom. The molecule has 0 bridgehead atoms. The van der Waals surface area contributed by atoms with E-state index in [1.807, 2.05) is 13.0 Å². The zero-order chi connectivity index (χ0) is 14.3. The summed E-state index contributed by atoms with van der Waals surface area (Å²) in [5.74, 6) is -0.153. The lowest BCUT2D eigenvalue weighted by atomic mass is 10.1. The van der Waals surface area contributed by atoms with E-state index in [0.29, 0.717) is 30.7 Å². The first kappa shape index (κ1) is 15.0. The second kappa shape index (κ2) is 7.38. The number of aryl methyl sites for hydroxylation is 1. The van der Waals surface area contributed by atoms with Crippen LogP contribution in [0.1, 0.15) is 24.0 Å². The number of hydrogen-bond acceptors (Lipinski definition) is 4. The van der Waals surface area contributed by atoms with Crippen LogP contribution in [0.5, 0.6) is 0 Å². The number of amidine groups is 1. The monoisotopic (exact) mass is 265 g/mol. The molecule has 0 aliphatic heterocycles. The van der Waals surface area contributed by atoms with E-state index in [0.717, 1.165) is 5.56 Å². The van der Waals surface area contributed by atoms with E-state index in [-0.39, 0.29) is 11.7 Å². The maximum absolute atomic E-state index is 11.8. The molecule has 1 amide bonds. The summed E-state index contributed by atoms with van der Waals surface area (Å²) in [5.41, 5.74) is 7.52. The molecular formula is C13H19N3O3. The Bertz CT molecular complexity index is 472. The summed E-state index contributed by atoms with van der Waals surface area (Å²) in [4.78, 5) is 11.8. The molecule has 1 aromatic carbocycles. The zero-order valence-corrected chi connectivity index (χ0v) is 11.1. The highest BCUT2D eigenvalue weighted by Gasteiger charge is 2.12. The highest BCUT2D eigenvalue weighted by atomic mass is 16.5. The summed E-state index contributed by atoms with van der Waals surface area (Å²) in [6, 6.07) is 5.34. The van der Waals surface area contributed by atoms with Crippen molar-refractivity contribution in [1.82, 2.24) is 0 Å². The third-order valence-electron chi connectivity index (χ3n) is 2.66. The lowest BCUT2D eigenvalue weighted by Crippen LogP contribution is -2.20. The van der Waals surface area contributed by atoms with Gasteiger partial charge in [0.1, 0.15) is 0 Å². The van der Waals surface area contributed by atoms with Crippen LogP contribution < -0.4 is 11.1 Å². The normalized spacial score (nSPS) is 11.4. The fourth-order valence-corrected chi connectivity index (χ4v) is 1.75. The molecule has 6 nitrogen and oxygen atoms in total. The molecule has 104 valence electrons. The first-order chi connectivity index (χ1) is 9.10. The van der Waals surface area contributed by atoms with Crippen LogP contribution in [0.2, 0.25) is 0 Å². The molecule has 0 aliphatic rings. The van der Waals surface area contributed by atoms with Crippen LogP contribution in [0.3, 0.4) is 0 Å². The lowest BCUT2D eigenvalue weighted by molar-refractivity contribution is -0.116. The van der Waals surface area contributed by atoms with E-state index in [9.17, 15) is 4.79 Å². The highest BCUT2D eigenvalue weighted by Crippen LogP contribution is 2.19. The van der Waals surface area contributed by atoms with E-state index in [4.69, 9.17) is 15.7 Å². The van der Waals surface area contributed by atoms with Gasteiger partial charge in [0, 0.05) is 25.7 Å². The molecule has 6 heteroatoms. The SMILES string of the molecule is COCCCC(=O)Nc1cccc(C)c1/C(N)=N/O. The van der Waals surface area contributed by atoms with E-state index in [1.165, 1.54) is 0 Å². The second-order valence-corrected chi connectivity index (χ2v) is 4.13. The summed E-state index contributed by atoms with van der Waals surface area (Å²) >= 11 is 0. The molecule has 19 heavy (non-hydrogen) atoms. The van der Waals surface area contributed by atoms with Crippen molar-refractivity contribution in [3.05, 3.63) is 29.3 Å². The highest BCUT2D eigenvalue weighted by molar-refractivity contribution is 6.06. The average molecular weight is 265 g/mol. The fraction of sp³-hybridized carbons (Fsp3) is 0.385. The van der Waals surface area contributed by atoms with Gasteiger partial charge in [-0.1, -0.05) is 17.3 Å². The van der Waals surface area contributed by atoms with Gasteiger partial charge in [-0.05, 0) is 25.0 Å². The number of carbonyl (C=O) groups is 1. The number of nitrogens with one attached hydrogen (secondary N) is 1. The van der Waals surface area contributed by atoms with Gasteiger partial charge in [0.25, 0.3) is 0 Å². The molecule has 0 aliphatic carbocycles. The molecule has 0 heterocycles. The minimum atomic E-state index is -0.130. The zero-order valence-electron chi connectivity index (χ0n) is 11.1. The summed E-state index contributed by atoms with van der Waals surface area (Å²) in [5, 5.41) is 14.5. The van der Waals surface area contributed by atoms with Crippen LogP contribution in [0.15, 0.2) is 23.4 Å². The van der Waals surface area contributed by atoms with Gasteiger partial charge in [-0.2, -0.15) is 0 Å². The summed E-state index contributed by atoms with van der Waals surface area (Å²) in [7, 11) is 1.59. The van der Waals surface area contributed by atoms with Gasteiger partial charge in [-0.3, -0.25) is 4.79 Å². The first-order valence-corrected chi connectivity index (χ1v) is 5.96. The first-order valence-electron chi connectivity index (χ1n) is 5.96. The van der Waals surface area contributed by atoms with Crippen LogP contribution in [-0.2, 0) is 9.53 Å². The van der Waals surface area contributed by atoms with Crippen LogP contribution in [-0.4, -0.2) is 30.7 Å². The van der Waals surface area contributed by atoms with Crippen molar-refractivity contribution >= 4 is 17.4 Å². The number of anilines is 1. The molecule has 1 rings (SSSR count). The van der Waals surface area contributed by atoms with Gasteiger partial charge in [0.05, 0.1) is 5.69 Å². The maximum atomic E-state index is 11.8. The van der Waals surface area contributed by atoms with Gasteiger partial charge in [0.2, 0.25) is 5.91 Å². The van der Waals surface area contributed by atoms with Crippen LogP contribution in [0.4, 0.5) is 5.69 Å². The molecule has 0 unspecified atom stereocenters. The average Bonchev–Trinajstić information content (AvgIpc) is 2.38. The molecule has 0 radical (unpaired) electrons. The number of nitrogens with two attached hydrogens (primary N) is 1. The Hall–Kier alpha value is -2.08. The Balaban J connectivity index is 2.83. The Morgan fingerprint density at radius 2 is 2.26 bits per heavy atom. The van der Waals surface area contributed by atoms with Crippen LogP contribution in [0.25, 0.3) is 0 Å².